The fourth-order valence-corrected chi connectivity index (χ4v) is 3.12. The smallest absolute Gasteiger partial charge is 0.247 e. The molecule has 0 bridgehead atoms. The second-order valence-corrected chi connectivity index (χ2v) is 6.30. The summed E-state index contributed by atoms with van der Waals surface area (Å²) in [5, 5.41) is 11.6. The summed E-state index contributed by atoms with van der Waals surface area (Å²) < 4.78 is 5.23. The molecule has 1 fully saturated rings. The van der Waals surface area contributed by atoms with E-state index in [1.807, 2.05) is 42.5 Å². The summed E-state index contributed by atoms with van der Waals surface area (Å²) >= 11 is 0. The largest absolute Gasteiger partial charge is 0.497 e. The van der Waals surface area contributed by atoms with Crippen LogP contribution in [0.3, 0.4) is 0 Å². The Labute approximate surface area is 158 Å². The van der Waals surface area contributed by atoms with Gasteiger partial charge in [-0.05, 0) is 36.4 Å². The molecule has 1 N–H and O–H groups in total. The number of anilines is 4. The lowest BCUT2D eigenvalue weighted by molar-refractivity contribution is 0.415. The van der Waals surface area contributed by atoms with Crippen LogP contribution in [0.25, 0.3) is 0 Å². The van der Waals surface area contributed by atoms with Crippen LogP contribution in [0.4, 0.5) is 23.1 Å². The number of hydrogen-bond acceptors (Lipinski definition) is 7. The van der Waals surface area contributed by atoms with E-state index in [1.54, 1.807) is 13.3 Å². The zero-order valence-electron chi connectivity index (χ0n) is 15.2. The summed E-state index contributed by atoms with van der Waals surface area (Å²) in [7, 11) is 1.68. The van der Waals surface area contributed by atoms with Crippen molar-refractivity contribution in [2.45, 2.75) is 0 Å². The molecule has 0 aliphatic carbocycles. The zero-order valence-corrected chi connectivity index (χ0v) is 15.2. The van der Waals surface area contributed by atoms with Gasteiger partial charge in [-0.15, -0.1) is 5.10 Å². The molecule has 27 heavy (non-hydrogen) atoms. The van der Waals surface area contributed by atoms with E-state index < -0.39 is 0 Å². The van der Waals surface area contributed by atoms with Gasteiger partial charge in [-0.3, -0.25) is 0 Å². The average Bonchev–Trinajstić information content (AvgIpc) is 2.75. The Hall–Kier alpha value is -3.35. The van der Waals surface area contributed by atoms with E-state index in [4.69, 9.17) is 4.74 Å². The van der Waals surface area contributed by atoms with Crippen LogP contribution < -0.4 is 19.9 Å². The van der Waals surface area contributed by atoms with Crippen LogP contribution >= 0.6 is 0 Å². The van der Waals surface area contributed by atoms with Gasteiger partial charge in [-0.2, -0.15) is 10.1 Å². The van der Waals surface area contributed by atoms with Gasteiger partial charge in [0, 0.05) is 37.6 Å². The Kier molecular flexibility index (Phi) is 5.00. The minimum absolute atomic E-state index is 0.658. The van der Waals surface area contributed by atoms with Gasteiger partial charge in [-0.1, -0.05) is 18.2 Å². The molecule has 1 aliphatic heterocycles. The Morgan fingerprint density at radius 3 is 2.30 bits per heavy atom. The summed E-state index contributed by atoms with van der Waals surface area (Å²) in [5.74, 6) is 2.23. The van der Waals surface area contributed by atoms with E-state index in [9.17, 15) is 0 Å². The lowest BCUT2D eigenvalue weighted by atomic mass is 10.2. The van der Waals surface area contributed by atoms with Crippen LogP contribution in [0, 0.1) is 0 Å². The predicted octanol–water partition coefficient (Wildman–Crippen LogP) is 2.95. The summed E-state index contributed by atoms with van der Waals surface area (Å²) in [5.41, 5.74) is 2.18. The zero-order chi connectivity index (χ0) is 18.5. The Balaban J connectivity index is 1.39. The van der Waals surface area contributed by atoms with Crippen LogP contribution in [-0.4, -0.2) is 48.5 Å². The van der Waals surface area contributed by atoms with Crippen molar-refractivity contribution in [1.29, 1.82) is 0 Å². The van der Waals surface area contributed by atoms with Crippen molar-refractivity contribution in [3.05, 3.63) is 60.8 Å². The van der Waals surface area contributed by atoms with Crippen molar-refractivity contribution in [3.8, 4) is 5.75 Å². The quantitative estimate of drug-likeness (QED) is 0.748. The van der Waals surface area contributed by atoms with Gasteiger partial charge in [0.05, 0.1) is 13.3 Å². The van der Waals surface area contributed by atoms with Crippen molar-refractivity contribution in [2.75, 3.05) is 48.4 Å². The molecule has 1 aromatic heterocycles. The third-order valence-corrected chi connectivity index (χ3v) is 4.59. The van der Waals surface area contributed by atoms with Crippen molar-refractivity contribution in [2.24, 2.45) is 0 Å². The number of piperazine rings is 1. The lowest BCUT2D eigenvalue weighted by Crippen LogP contribution is -2.47. The molecule has 0 amide bonds. The third kappa shape index (κ3) is 4.08. The number of para-hydroxylation sites is 1. The number of aromatic nitrogens is 3. The van der Waals surface area contributed by atoms with Crippen molar-refractivity contribution < 1.29 is 4.74 Å². The maximum atomic E-state index is 5.23. The van der Waals surface area contributed by atoms with Gasteiger partial charge in [0.1, 0.15) is 5.75 Å². The molecule has 3 aromatic rings. The van der Waals surface area contributed by atoms with Crippen molar-refractivity contribution in [1.82, 2.24) is 15.2 Å². The maximum Gasteiger partial charge on any atom is 0.247 e. The highest BCUT2D eigenvalue weighted by atomic mass is 16.5. The number of methoxy groups -OCH3 is 1. The molecule has 1 saturated heterocycles. The molecular weight excluding hydrogens is 340 g/mol. The SMILES string of the molecule is COc1ccc(N2CCN(c3nncc(Nc4ccccc4)n3)CC2)cc1. The number of ether oxygens (including phenoxy) is 1. The van der Waals surface area contributed by atoms with Gasteiger partial charge in [-0.25, -0.2) is 0 Å². The van der Waals surface area contributed by atoms with Gasteiger partial charge in [0.15, 0.2) is 5.82 Å². The molecule has 7 nitrogen and oxygen atoms in total. The van der Waals surface area contributed by atoms with E-state index in [0.717, 1.165) is 37.6 Å². The number of benzene rings is 2. The van der Waals surface area contributed by atoms with Crippen LogP contribution in [0.15, 0.2) is 60.8 Å². The summed E-state index contributed by atoms with van der Waals surface area (Å²) in [6, 6.07) is 18.1. The van der Waals surface area contributed by atoms with E-state index in [-0.39, 0.29) is 0 Å². The molecule has 4 rings (SSSR count). The van der Waals surface area contributed by atoms with Crippen LogP contribution in [0.1, 0.15) is 0 Å². The van der Waals surface area contributed by atoms with Crippen LogP contribution in [0.2, 0.25) is 0 Å². The Morgan fingerprint density at radius 2 is 1.59 bits per heavy atom. The van der Waals surface area contributed by atoms with Crippen LogP contribution in [0.5, 0.6) is 5.75 Å². The average molecular weight is 362 g/mol. The first-order chi connectivity index (χ1) is 13.3. The monoisotopic (exact) mass is 362 g/mol. The van der Waals surface area contributed by atoms with Gasteiger partial charge < -0.3 is 19.9 Å². The number of nitrogens with one attached hydrogen (secondary N) is 1. The molecular formula is C20H22N6O. The fourth-order valence-electron chi connectivity index (χ4n) is 3.12. The predicted molar refractivity (Wildman–Crippen MR) is 107 cm³/mol. The topological polar surface area (TPSA) is 66.4 Å². The highest BCUT2D eigenvalue weighted by Gasteiger charge is 2.20. The highest BCUT2D eigenvalue weighted by Crippen LogP contribution is 2.22. The van der Waals surface area contributed by atoms with Crippen molar-refractivity contribution in [3.63, 3.8) is 0 Å². The molecule has 0 unspecified atom stereocenters. The summed E-state index contributed by atoms with van der Waals surface area (Å²) in [4.78, 5) is 9.14. The lowest BCUT2D eigenvalue weighted by Gasteiger charge is -2.36. The van der Waals surface area contributed by atoms with Crippen LogP contribution in [-0.2, 0) is 0 Å². The van der Waals surface area contributed by atoms with Gasteiger partial charge in [0.2, 0.25) is 5.95 Å². The molecule has 0 spiro atoms. The maximum absolute atomic E-state index is 5.23. The molecule has 2 aromatic carbocycles. The van der Waals surface area contributed by atoms with Crippen molar-refractivity contribution >= 4 is 23.1 Å². The molecule has 0 atom stereocenters. The standard InChI is InChI=1S/C20H22N6O/c1-27-18-9-7-17(8-10-18)25-11-13-26(14-12-25)20-23-19(15-21-24-20)22-16-5-3-2-4-6-16/h2-10,15H,11-14H2,1H3,(H,22,23,24). The summed E-state index contributed by atoms with van der Waals surface area (Å²) in [6.07, 6.45) is 1.64. The first-order valence-corrected chi connectivity index (χ1v) is 8.97. The Bertz CT molecular complexity index is 863. The van der Waals surface area contributed by atoms with Gasteiger partial charge >= 0.3 is 0 Å². The third-order valence-electron chi connectivity index (χ3n) is 4.59. The van der Waals surface area contributed by atoms with E-state index in [0.29, 0.717) is 11.8 Å². The summed E-state index contributed by atoms with van der Waals surface area (Å²) in [6.45, 7) is 3.52. The number of rotatable bonds is 5. The second kappa shape index (κ2) is 7.90. The number of nitrogens with zero attached hydrogens (tertiary/aromatic N) is 5. The first-order valence-electron chi connectivity index (χ1n) is 8.97. The highest BCUT2D eigenvalue weighted by molar-refractivity contribution is 5.56. The molecule has 0 saturated carbocycles. The van der Waals surface area contributed by atoms with E-state index in [1.165, 1.54) is 5.69 Å². The molecule has 138 valence electrons. The molecule has 0 radical (unpaired) electrons. The minimum Gasteiger partial charge on any atom is -0.497 e. The normalized spacial score (nSPS) is 14.1. The first kappa shape index (κ1) is 17.1. The Morgan fingerprint density at radius 1 is 0.889 bits per heavy atom. The minimum atomic E-state index is 0.658. The molecule has 7 heteroatoms. The number of hydrogen-bond donors (Lipinski definition) is 1. The van der Waals surface area contributed by atoms with E-state index >= 15 is 0 Å². The molecule has 2 heterocycles. The fraction of sp³-hybridized carbons (Fsp3) is 0.250. The second-order valence-electron chi connectivity index (χ2n) is 6.30. The molecule has 1 aliphatic rings. The van der Waals surface area contributed by atoms with Gasteiger partial charge in [0.25, 0.3) is 0 Å². The van der Waals surface area contributed by atoms with E-state index in [2.05, 4.69) is 42.4 Å².